The molecule has 0 unspecified atom stereocenters. The highest BCUT2D eigenvalue weighted by molar-refractivity contribution is 7.87. The molecule has 0 N–H and O–H groups in total. The van der Waals surface area contributed by atoms with E-state index in [4.69, 9.17) is 4.74 Å². The van der Waals surface area contributed by atoms with Crippen LogP contribution in [0.15, 0.2) is 78.9 Å². The van der Waals surface area contributed by atoms with E-state index in [1.807, 2.05) is 54.6 Å². The molecule has 5 rings (SSSR count). The van der Waals surface area contributed by atoms with Crippen molar-refractivity contribution in [1.82, 2.24) is 18.4 Å². The van der Waals surface area contributed by atoms with E-state index in [9.17, 15) is 17.6 Å². The molecule has 2 fully saturated rings. The van der Waals surface area contributed by atoms with Crippen molar-refractivity contribution in [3.63, 3.8) is 0 Å². The first-order valence-electron chi connectivity index (χ1n) is 12.7. The minimum atomic E-state index is -3.56. The van der Waals surface area contributed by atoms with E-state index >= 15 is 0 Å². The summed E-state index contributed by atoms with van der Waals surface area (Å²) in [6.45, 7) is 4.62. The molecule has 3 aromatic rings. The first-order valence-corrected chi connectivity index (χ1v) is 14.1. The zero-order valence-electron chi connectivity index (χ0n) is 21.5. The second-order valence-electron chi connectivity index (χ2n) is 9.44. The van der Waals surface area contributed by atoms with Gasteiger partial charge >= 0.3 is 0 Å². The molecule has 2 heterocycles. The zero-order valence-corrected chi connectivity index (χ0v) is 23.1. The number of ether oxygens (including phenoxy) is 1. The van der Waals surface area contributed by atoms with Crippen molar-refractivity contribution in [3.05, 3.63) is 95.8 Å². The van der Waals surface area contributed by atoms with E-state index in [0.717, 1.165) is 11.3 Å². The van der Waals surface area contributed by atoms with Crippen LogP contribution >= 0.6 is 12.4 Å². The fraction of sp³-hybridized carbons (Fsp3) is 0.321. The van der Waals surface area contributed by atoms with Gasteiger partial charge in [-0.05, 0) is 54.1 Å². The van der Waals surface area contributed by atoms with Crippen molar-refractivity contribution < 1.29 is 22.3 Å². The Morgan fingerprint density at radius 1 is 0.769 bits per heavy atom. The van der Waals surface area contributed by atoms with E-state index in [0.29, 0.717) is 63.7 Å². The van der Waals surface area contributed by atoms with Gasteiger partial charge in [0.25, 0.3) is 16.1 Å². The Morgan fingerprint density at radius 2 is 1.44 bits per heavy atom. The normalized spacial score (nSPS) is 18.0. The van der Waals surface area contributed by atoms with Crippen LogP contribution in [0.5, 0.6) is 11.5 Å². The summed E-state index contributed by atoms with van der Waals surface area (Å²) in [5, 5.41) is 0. The Morgan fingerprint density at radius 3 is 2.15 bits per heavy atom. The molecule has 0 aliphatic carbocycles. The Kier molecular flexibility index (Phi) is 9.58. The Balaban J connectivity index is 0.00000353. The van der Waals surface area contributed by atoms with Gasteiger partial charge in [0.1, 0.15) is 17.3 Å². The van der Waals surface area contributed by atoms with Gasteiger partial charge < -0.3 is 9.64 Å². The van der Waals surface area contributed by atoms with Crippen LogP contribution in [-0.4, -0.2) is 85.1 Å². The number of amides is 1. The van der Waals surface area contributed by atoms with Crippen LogP contribution in [0.1, 0.15) is 15.9 Å². The number of halogens is 2. The lowest BCUT2D eigenvalue weighted by atomic mass is 10.2. The molecule has 0 aromatic heterocycles. The van der Waals surface area contributed by atoms with Crippen LogP contribution in [0.4, 0.5) is 4.39 Å². The molecule has 0 spiro atoms. The number of carbonyl (C=O) groups is 1. The van der Waals surface area contributed by atoms with Gasteiger partial charge in [-0.2, -0.15) is 17.0 Å². The molecule has 2 aliphatic rings. The van der Waals surface area contributed by atoms with E-state index in [1.165, 1.54) is 32.9 Å². The Bertz CT molecular complexity index is 1350. The predicted octanol–water partition coefficient (Wildman–Crippen LogP) is 3.86. The van der Waals surface area contributed by atoms with Crippen molar-refractivity contribution >= 4 is 28.5 Å². The summed E-state index contributed by atoms with van der Waals surface area (Å²) >= 11 is 0. The lowest BCUT2D eigenvalue weighted by Crippen LogP contribution is -2.50. The average Bonchev–Trinajstić information content (AvgIpc) is 3.21. The first-order chi connectivity index (χ1) is 18.4. The monoisotopic (exact) mass is 574 g/mol. The summed E-state index contributed by atoms with van der Waals surface area (Å²) in [7, 11) is -3.56. The fourth-order valence-electron chi connectivity index (χ4n) is 4.74. The van der Waals surface area contributed by atoms with Gasteiger partial charge in [0.05, 0.1) is 0 Å². The van der Waals surface area contributed by atoms with Gasteiger partial charge in [-0.25, -0.2) is 4.39 Å². The second-order valence-corrected chi connectivity index (χ2v) is 11.4. The van der Waals surface area contributed by atoms with Crippen molar-refractivity contribution in [2.75, 3.05) is 52.4 Å². The summed E-state index contributed by atoms with van der Waals surface area (Å²) in [5.41, 5.74) is 1.34. The van der Waals surface area contributed by atoms with Gasteiger partial charge in [0.15, 0.2) is 0 Å². The summed E-state index contributed by atoms with van der Waals surface area (Å²) in [4.78, 5) is 16.6. The molecule has 39 heavy (non-hydrogen) atoms. The van der Waals surface area contributed by atoms with Crippen LogP contribution in [0, 0.1) is 5.82 Å². The highest BCUT2D eigenvalue weighted by Gasteiger charge is 2.36. The molecule has 8 nitrogen and oxygen atoms in total. The topological polar surface area (TPSA) is 73.4 Å². The zero-order chi connectivity index (χ0) is 26.5. The molecule has 0 bridgehead atoms. The van der Waals surface area contributed by atoms with Crippen molar-refractivity contribution in [2.45, 2.75) is 6.54 Å². The van der Waals surface area contributed by atoms with Crippen molar-refractivity contribution in [2.24, 2.45) is 0 Å². The summed E-state index contributed by atoms with van der Waals surface area (Å²) in [6, 6.07) is 22.6. The molecule has 2 saturated heterocycles. The first kappa shape index (κ1) is 29.0. The molecular weight excluding hydrogens is 543 g/mol. The Labute approximate surface area is 235 Å². The standard InChI is InChI=1S/C28H31FN4O4S.ClH/c29-25-11-9-24(10-12-25)28(34)31-16-13-30(14-17-31)15-18-32-19-20-33(38(32,35)36)22-23-5-4-8-27(21-23)37-26-6-2-1-3-7-26;/h1-12,21H,13-20,22H2;1H. The number of carbonyl (C=O) groups excluding carboxylic acids is 1. The van der Waals surface area contributed by atoms with Gasteiger partial charge in [-0.15, -0.1) is 12.4 Å². The molecule has 1 amide bonds. The molecule has 208 valence electrons. The quantitative estimate of drug-likeness (QED) is 0.408. The van der Waals surface area contributed by atoms with E-state index in [-0.39, 0.29) is 30.7 Å². The lowest BCUT2D eigenvalue weighted by molar-refractivity contribution is 0.0633. The molecule has 0 radical (unpaired) electrons. The molecule has 2 aliphatic heterocycles. The van der Waals surface area contributed by atoms with Gasteiger partial charge in [0.2, 0.25) is 0 Å². The maximum Gasteiger partial charge on any atom is 0.282 e. The maximum atomic E-state index is 13.2. The van der Waals surface area contributed by atoms with Gasteiger partial charge in [-0.1, -0.05) is 30.3 Å². The highest BCUT2D eigenvalue weighted by atomic mass is 35.5. The predicted molar refractivity (Wildman–Crippen MR) is 150 cm³/mol. The third-order valence-electron chi connectivity index (χ3n) is 6.90. The summed E-state index contributed by atoms with van der Waals surface area (Å²) in [6.07, 6.45) is 0. The lowest BCUT2D eigenvalue weighted by Gasteiger charge is -2.35. The minimum Gasteiger partial charge on any atom is -0.457 e. The number of piperazine rings is 1. The number of benzene rings is 3. The van der Waals surface area contributed by atoms with E-state index in [1.54, 1.807) is 4.90 Å². The van der Waals surface area contributed by atoms with Crippen LogP contribution in [0.25, 0.3) is 0 Å². The van der Waals surface area contributed by atoms with Gasteiger partial charge in [-0.3, -0.25) is 9.69 Å². The highest BCUT2D eigenvalue weighted by Crippen LogP contribution is 2.25. The number of para-hydroxylation sites is 1. The van der Waals surface area contributed by atoms with Crippen LogP contribution in [0.3, 0.4) is 0 Å². The number of rotatable bonds is 8. The van der Waals surface area contributed by atoms with Crippen molar-refractivity contribution in [1.29, 1.82) is 0 Å². The third-order valence-corrected chi connectivity index (χ3v) is 8.89. The second kappa shape index (κ2) is 12.9. The van der Waals surface area contributed by atoms with Gasteiger partial charge in [0, 0.05) is 64.5 Å². The average molecular weight is 575 g/mol. The van der Waals surface area contributed by atoms with Crippen LogP contribution in [0.2, 0.25) is 0 Å². The third kappa shape index (κ3) is 7.14. The largest absolute Gasteiger partial charge is 0.457 e. The molecule has 3 aromatic carbocycles. The fourth-order valence-corrected chi connectivity index (χ4v) is 6.32. The molecule has 11 heteroatoms. The minimum absolute atomic E-state index is 0. The number of nitrogens with zero attached hydrogens (tertiary/aromatic N) is 4. The Hall–Kier alpha value is -3.02. The molecule has 0 saturated carbocycles. The SMILES string of the molecule is Cl.O=C(c1ccc(F)cc1)N1CCN(CCN2CCN(Cc3cccc(Oc4ccccc4)c3)S2(=O)=O)CC1. The van der Waals surface area contributed by atoms with Crippen molar-refractivity contribution in [3.8, 4) is 11.5 Å². The maximum absolute atomic E-state index is 13.2. The van der Waals surface area contributed by atoms with Crippen LogP contribution < -0.4 is 4.74 Å². The number of hydrogen-bond acceptors (Lipinski definition) is 5. The molecular formula is C28H32ClFN4O4S. The van der Waals surface area contributed by atoms with Crippen LogP contribution in [-0.2, 0) is 16.8 Å². The van der Waals surface area contributed by atoms with E-state index in [2.05, 4.69) is 4.90 Å². The van der Waals surface area contributed by atoms with E-state index < -0.39 is 10.2 Å². The number of hydrogen-bond donors (Lipinski definition) is 0. The summed E-state index contributed by atoms with van der Waals surface area (Å²) in [5.74, 6) is 0.914. The molecule has 0 atom stereocenters. The smallest absolute Gasteiger partial charge is 0.282 e. The summed E-state index contributed by atoms with van der Waals surface area (Å²) < 4.78 is 48.5.